The van der Waals surface area contributed by atoms with E-state index in [-0.39, 0.29) is 5.56 Å². The van der Waals surface area contributed by atoms with Crippen molar-refractivity contribution >= 4 is 31.6 Å². The molecule has 0 spiro atoms. The summed E-state index contributed by atoms with van der Waals surface area (Å²) in [7, 11) is -4.20. The Morgan fingerprint density at radius 2 is 2.00 bits per heavy atom. The first-order valence-electron chi connectivity index (χ1n) is 5.72. The van der Waals surface area contributed by atoms with Gasteiger partial charge < -0.3 is 5.73 Å². The molecule has 0 saturated carbocycles. The van der Waals surface area contributed by atoms with E-state index in [9.17, 15) is 17.2 Å². The van der Waals surface area contributed by atoms with Crippen LogP contribution in [0.1, 0.15) is 19.4 Å². The number of nitrogens with two attached hydrogens (primary N) is 1. The highest BCUT2D eigenvalue weighted by Gasteiger charge is 2.52. The minimum atomic E-state index is -4.20. The second-order valence-electron chi connectivity index (χ2n) is 5.07. The van der Waals surface area contributed by atoms with E-state index >= 15 is 0 Å². The summed E-state index contributed by atoms with van der Waals surface area (Å²) in [5, 5.41) is -2.73. The maximum Gasteiger partial charge on any atom is 0.263 e. The molecule has 2 rings (SSSR count). The Balaban J connectivity index is 2.69. The fourth-order valence-corrected chi connectivity index (χ4v) is 4.07. The molecular weight excluding hydrogens is 354 g/mol. The number of amidine groups is 1. The molecule has 0 radical (unpaired) electrons. The highest BCUT2D eigenvalue weighted by molar-refractivity contribution is 9.10. The quantitative estimate of drug-likeness (QED) is 0.828. The van der Waals surface area contributed by atoms with E-state index in [1.165, 1.54) is 25.1 Å². The molecule has 0 saturated heterocycles. The van der Waals surface area contributed by atoms with Gasteiger partial charge in [-0.2, -0.15) is 0 Å². The molecule has 110 valence electrons. The molecule has 0 aromatic heterocycles. The summed E-state index contributed by atoms with van der Waals surface area (Å²) in [6.45, 7) is 2.26. The summed E-state index contributed by atoms with van der Waals surface area (Å²) in [6, 6.07) is 4.08. The summed E-state index contributed by atoms with van der Waals surface area (Å²) < 4.78 is 52.7. The first-order valence-corrected chi connectivity index (χ1v) is 8.17. The average molecular weight is 367 g/mol. The number of sulfone groups is 1. The molecule has 2 N–H and O–H groups in total. The summed E-state index contributed by atoms with van der Waals surface area (Å²) in [5.41, 5.74) is 4.04. The Labute approximate surface area is 124 Å². The van der Waals surface area contributed by atoms with E-state index in [4.69, 9.17) is 5.73 Å². The van der Waals surface area contributed by atoms with Crippen molar-refractivity contribution in [2.45, 2.75) is 24.4 Å². The normalized spacial score (nSPS) is 32.8. The van der Waals surface area contributed by atoms with Gasteiger partial charge in [0.25, 0.3) is 5.00 Å². The summed E-state index contributed by atoms with van der Waals surface area (Å²) in [5.74, 6) is -1.93. The number of benzene rings is 1. The van der Waals surface area contributed by atoms with Crippen LogP contribution in [0.4, 0.5) is 8.78 Å². The number of aliphatic imine (C=N–C) groups is 1. The molecule has 1 aromatic rings. The molecular formula is C12H13BrF2N2O2S. The molecule has 0 aliphatic carbocycles. The van der Waals surface area contributed by atoms with Crippen LogP contribution in [0.15, 0.2) is 27.7 Å². The molecule has 0 amide bonds. The van der Waals surface area contributed by atoms with Crippen LogP contribution in [-0.4, -0.2) is 25.0 Å². The molecule has 0 unspecified atom stereocenters. The molecule has 8 heteroatoms. The van der Waals surface area contributed by atoms with Gasteiger partial charge in [0.05, 0.1) is 5.75 Å². The van der Waals surface area contributed by atoms with E-state index in [1.54, 1.807) is 0 Å². The number of rotatable bonds is 1. The third-order valence-corrected chi connectivity index (χ3v) is 6.20. The SMILES string of the molecule is C[C@@]1(c2cc(Br)ccc2F)CS(=O)(=O)[C@](C)(F)C(N)=N1. The smallest absolute Gasteiger partial charge is 0.263 e. The van der Waals surface area contributed by atoms with Gasteiger partial charge in [-0.05, 0) is 32.0 Å². The van der Waals surface area contributed by atoms with E-state index < -0.39 is 37.8 Å². The predicted octanol–water partition coefficient (Wildman–Crippen LogP) is 2.27. The van der Waals surface area contributed by atoms with Crippen LogP contribution in [0.25, 0.3) is 0 Å². The summed E-state index contributed by atoms with van der Waals surface area (Å²) >= 11 is 3.18. The van der Waals surface area contributed by atoms with Gasteiger partial charge in [-0.3, -0.25) is 4.99 Å². The van der Waals surface area contributed by atoms with E-state index in [0.29, 0.717) is 4.47 Å². The van der Waals surface area contributed by atoms with Crippen molar-refractivity contribution in [3.8, 4) is 0 Å². The standard InChI is InChI=1S/C12H13BrF2N2O2S/c1-11(8-5-7(13)3-4-9(8)14)6-20(18,19)12(2,15)10(16)17-11/h3-5H,6H2,1-2H3,(H2,16,17)/t11-,12-/m0/s1. The third-order valence-electron chi connectivity index (χ3n) is 3.39. The van der Waals surface area contributed by atoms with Crippen molar-refractivity contribution in [2.24, 2.45) is 10.7 Å². The predicted molar refractivity (Wildman–Crippen MR) is 76.4 cm³/mol. The van der Waals surface area contributed by atoms with E-state index in [0.717, 1.165) is 6.92 Å². The molecule has 0 fully saturated rings. The largest absolute Gasteiger partial charge is 0.384 e. The molecule has 1 aromatic carbocycles. The van der Waals surface area contributed by atoms with Gasteiger partial charge in [0.15, 0.2) is 9.84 Å². The molecule has 1 aliphatic heterocycles. The van der Waals surface area contributed by atoms with Crippen LogP contribution in [-0.2, 0) is 15.4 Å². The van der Waals surface area contributed by atoms with Crippen molar-refractivity contribution in [1.29, 1.82) is 0 Å². The van der Waals surface area contributed by atoms with Crippen LogP contribution in [0.3, 0.4) is 0 Å². The van der Waals surface area contributed by atoms with Gasteiger partial charge in [-0.25, -0.2) is 17.2 Å². The fourth-order valence-electron chi connectivity index (χ4n) is 2.11. The highest BCUT2D eigenvalue weighted by Crippen LogP contribution is 2.39. The minimum Gasteiger partial charge on any atom is -0.384 e. The van der Waals surface area contributed by atoms with Gasteiger partial charge >= 0.3 is 0 Å². The van der Waals surface area contributed by atoms with Gasteiger partial charge in [0, 0.05) is 10.0 Å². The van der Waals surface area contributed by atoms with Crippen LogP contribution in [0.5, 0.6) is 0 Å². The number of alkyl halides is 1. The Bertz CT molecular complexity index is 703. The molecule has 0 bridgehead atoms. The first kappa shape index (κ1) is 15.4. The van der Waals surface area contributed by atoms with E-state index in [2.05, 4.69) is 20.9 Å². The summed E-state index contributed by atoms with van der Waals surface area (Å²) in [6.07, 6.45) is 0. The molecule has 1 heterocycles. The number of hydrogen-bond acceptors (Lipinski definition) is 4. The van der Waals surface area contributed by atoms with Gasteiger partial charge in [-0.1, -0.05) is 15.9 Å². The zero-order valence-corrected chi connectivity index (χ0v) is 13.2. The topological polar surface area (TPSA) is 72.5 Å². The van der Waals surface area contributed by atoms with Gasteiger partial charge in [0.2, 0.25) is 0 Å². The lowest BCUT2D eigenvalue weighted by atomic mass is 9.94. The summed E-state index contributed by atoms with van der Waals surface area (Å²) in [4.78, 5) is 3.91. The molecule has 20 heavy (non-hydrogen) atoms. The van der Waals surface area contributed by atoms with Crippen molar-refractivity contribution in [2.75, 3.05) is 5.75 Å². The van der Waals surface area contributed by atoms with Gasteiger partial charge in [-0.15, -0.1) is 0 Å². The number of nitrogens with zero attached hydrogens (tertiary/aromatic N) is 1. The Kier molecular flexibility index (Phi) is 3.45. The van der Waals surface area contributed by atoms with E-state index in [1.807, 2.05) is 0 Å². The lowest BCUT2D eigenvalue weighted by Crippen LogP contribution is -2.54. The maximum atomic E-state index is 14.1. The van der Waals surface area contributed by atoms with Crippen LogP contribution >= 0.6 is 15.9 Å². The second kappa shape index (κ2) is 4.49. The first-order chi connectivity index (χ1) is 8.99. The van der Waals surface area contributed by atoms with Crippen LogP contribution < -0.4 is 5.73 Å². The molecule has 4 nitrogen and oxygen atoms in total. The van der Waals surface area contributed by atoms with Crippen molar-refractivity contribution < 1.29 is 17.2 Å². The fraction of sp³-hybridized carbons (Fsp3) is 0.417. The lowest BCUT2D eigenvalue weighted by Gasteiger charge is -2.35. The maximum absolute atomic E-state index is 14.1. The minimum absolute atomic E-state index is 0.0499. The Morgan fingerprint density at radius 3 is 2.55 bits per heavy atom. The molecule has 1 aliphatic rings. The van der Waals surface area contributed by atoms with Crippen LogP contribution in [0, 0.1) is 5.82 Å². The Hall–Kier alpha value is -1.02. The van der Waals surface area contributed by atoms with Crippen molar-refractivity contribution in [3.63, 3.8) is 0 Å². The zero-order valence-electron chi connectivity index (χ0n) is 10.8. The van der Waals surface area contributed by atoms with Crippen molar-refractivity contribution in [3.05, 3.63) is 34.1 Å². The number of halogens is 3. The third kappa shape index (κ3) is 2.24. The Morgan fingerprint density at radius 1 is 1.40 bits per heavy atom. The highest BCUT2D eigenvalue weighted by atomic mass is 79.9. The second-order valence-corrected chi connectivity index (χ2v) is 8.27. The number of hydrogen-bond donors (Lipinski definition) is 1. The monoisotopic (exact) mass is 366 g/mol. The van der Waals surface area contributed by atoms with Crippen LogP contribution in [0.2, 0.25) is 0 Å². The lowest BCUT2D eigenvalue weighted by molar-refractivity contribution is 0.354. The van der Waals surface area contributed by atoms with Crippen molar-refractivity contribution in [1.82, 2.24) is 0 Å². The molecule has 2 atom stereocenters. The zero-order chi connectivity index (χ0) is 15.3. The van der Waals surface area contributed by atoms with Gasteiger partial charge in [0.1, 0.15) is 17.2 Å². The average Bonchev–Trinajstić information content (AvgIpc) is 2.29.